The first-order valence-electron chi connectivity index (χ1n) is 10.0. The molecular weight excluding hydrogens is 382 g/mol. The normalized spacial score (nSPS) is 15.1. The topological polar surface area (TPSA) is 95.0 Å². The minimum Gasteiger partial charge on any atom is -0.475 e. The van der Waals surface area contributed by atoms with Crippen molar-refractivity contribution in [2.24, 2.45) is 5.10 Å². The Bertz CT molecular complexity index is 1020. The van der Waals surface area contributed by atoms with Crippen LogP contribution in [0.3, 0.4) is 0 Å². The fraction of sp³-hybridized carbons (Fsp3) is 0.364. The van der Waals surface area contributed by atoms with Gasteiger partial charge in [0.1, 0.15) is 6.61 Å². The quantitative estimate of drug-likeness (QED) is 0.410. The van der Waals surface area contributed by atoms with E-state index in [1.54, 1.807) is 20.1 Å². The van der Waals surface area contributed by atoms with Gasteiger partial charge in [0, 0.05) is 41.9 Å². The van der Waals surface area contributed by atoms with Crippen LogP contribution in [0.2, 0.25) is 0 Å². The summed E-state index contributed by atoms with van der Waals surface area (Å²) in [6, 6.07) is 11.9. The second-order valence-electron chi connectivity index (χ2n) is 7.91. The van der Waals surface area contributed by atoms with Crippen molar-refractivity contribution in [1.29, 1.82) is 0 Å². The average molecular weight is 409 g/mol. The van der Waals surface area contributed by atoms with E-state index < -0.39 is 5.60 Å². The van der Waals surface area contributed by atoms with Gasteiger partial charge in [0.15, 0.2) is 0 Å². The Hall–Kier alpha value is -3.10. The van der Waals surface area contributed by atoms with Crippen molar-refractivity contribution < 1.29 is 14.6 Å². The predicted octanol–water partition coefficient (Wildman–Crippen LogP) is 3.00. The van der Waals surface area contributed by atoms with Gasteiger partial charge in [0.05, 0.1) is 36.4 Å². The number of H-pyrrole nitrogens is 1. The fourth-order valence-electron chi connectivity index (χ4n) is 3.24. The van der Waals surface area contributed by atoms with E-state index in [2.05, 4.69) is 25.4 Å². The van der Waals surface area contributed by atoms with E-state index in [0.29, 0.717) is 24.8 Å². The maximum absolute atomic E-state index is 9.98. The highest BCUT2D eigenvalue weighted by Crippen LogP contribution is 2.24. The van der Waals surface area contributed by atoms with Gasteiger partial charge in [0.25, 0.3) is 0 Å². The van der Waals surface area contributed by atoms with Gasteiger partial charge < -0.3 is 24.5 Å². The van der Waals surface area contributed by atoms with Gasteiger partial charge in [0.2, 0.25) is 5.88 Å². The number of fused-ring (bicyclic) bond motifs is 1. The highest BCUT2D eigenvalue weighted by molar-refractivity contribution is 5.92. The van der Waals surface area contributed by atoms with Crippen molar-refractivity contribution in [3.63, 3.8) is 0 Å². The van der Waals surface area contributed by atoms with E-state index in [0.717, 1.165) is 35.4 Å². The van der Waals surface area contributed by atoms with Crippen molar-refractivity contribution in [3.05, 3.63) is 48.3 Å². The summed E-state index contributed by atoms with van der Waals surface area (Å²) >= 11 is 0. The summed E-state index contributed by atoms with van der Waals surface area (Å²) in [5, 5.41) is 15.4. The molecule has 3 aromatic rings. The number of nitrogens with zero attached hydrogens (tertiary/aromatic N) is 3. The molecule has 1 aromatic carbocycles. The number of ether oxygens (including phenoxy) is 2. The van der Waals surface area contributed by atoms with Crippen LogP contribution in [0.5, 0.6) is 5.88 Å². The molecule has 8 heteroatoms. The van der Waals surface area contributed by atoms with Crippen LogP contribution in [0.25, 0.3) is 10.9 Å². The van der Waals surface area contributed by atoms with Crippen LogP contribution < -0.4 is 15.1 Å². The molecule has 0 aliphatic carbocycles. The number of nitrogens with one attached hydrogen (secondary N) is 2. The molecule has 0 saturated carbocycles. The van der Waals surface area contributed by atoms with Gasteiger partial charge in [-0.25, -0.2) is 4.98 Å². The first-order valence-corrected chi connectivity index (χ1v) is 10.0. The molecule has 0 spiro atoms. The number of morpholine rings is 1. The molecule has 30 heavy (non-hydrogen) atoms. The van der Waals surface area contributed by atoms with E-state index in [4.69, 9.17) is 9.47 Å². The highest BCUT2D eigenvalue weighted by atomic mass is 16.5. The van der Waals surface area contributed by atoms with Crippen molar-refractivity contribution in [2.75, 3.05) is 43.2 Å². The van der Waals surface area contributed by atoms with Crippen LogP contribution in [-0.2, 0) is 4.74 Å². The summed E-state index contributed by atoms with van der Waals surface area (Å²) in [7, 11) is 0. The summed E-state index contributed by atoms with van der Waals surface area (Å²) in [5.41, 5.74) is 5.73. The molecule has 0 radical (unpaired) electrons. The van der Waals surface area contributed by atoms with Gasteiger partial charge in [-0.05, 0) is 26.0 Å². The van der Waals surface area contributed by atoms with Crippen molar-refractivity contribution in [2.45, 2.75) is 19.4 Å². The molecule has 0 bridgehead atoms. The zero-order chi connectivity index (χ0) is 21.0. The minimum atomic E-state index is -0.943. The summed E-state index contributed by atoms with van der Waals surface area (Å²) < 4.78 is 11.2. The third kappa shape index (κ3) is 5.08. The monoisotopic (exact) mass is 409 g/mol. The molecule has 2 aromatic heterocycles. The summed E-state index contributed by atoms with van der Waals surface area (Å²) in [6.45, 7) is 6.54. The Morgan fingerprint density at radius 1 is 1.30 bits per heavy atom. The smallest absolute Gasteiger partial charge is 0.216 e. The van der Waals surface area contributed by atoms with E-state index in [1.165, 1.54) is 0 Å². The number of hydrazone groups is 1. The molecule has 3 heterocycles. The number of aliphatic hydroxyl groups is 1. The molecule has 1 aliphatic heterocycles. The third-order valence-corrected chi connectivity index (χ3v) is 4.73. The lowest BCUT2D eigenvalue weighted by Gasteiger charge is -2.29. The standard InChI is InChI=1S/C22H27N5O3/c1-22(2,28)15-30-21-12-17(27-7-9-29-10-8-27)11-16(25-21)13-24-26-20-14-23-19-6-4-3-5-18(19)20/h3-6,11-14,23,26,28H,7-10,15H2,1-2H3. The molecule has 1 aliphatic rings. The Morgan fingerprint density at radius 3 is 2.90 bits per heavy atom. The van der Waals surface area contributed by atoms with Crippen LogP contribution in [0, 0.1) is 0 Å². The van der Waals surface area contributed by atoms with Crippen LogP contribution in [0.4, 0.5) is 11.4 Å². The Labute approximate surface area is 175 Å². The highest BCUT2D eigenvalue weighted by Gasteiger charge is 2.17. The maximum atomic E-state index is 9.98. The lowest BCUT2D eigenvalue weighted by atomic mass is 10.2. The van der Waals surface area contributed by atoms with Crippen molar-refractivity contribution in [1.82, 2.24) is 9.97 Å². The predicted molar refractivity (Wildman–Crippen MR) is 119 cm³/mol. The first kappa shape index (κ1) is 20.2. The number of hydrogen-bond acceptors (Lipinski definition) is 7. The van der Waals surface area contributed by atoms with E-state index >= 15 is 0 Å². The van der Waals surface area contributed by atoms with Crippen LogP contribution in [0.1, 0.15) is 19.5 Å². The lowest BCUT2D eigenvalue weighted by Crippen LogP contribution is -2.36. The molecule has 0 atom stereocenters. The SMILES string of the molecule is CC(C)(O)COc1cc(N2CCOCC2)cc(C=NNc2c[nH]c3ccccc23)n1. The number of anilines is 2. The fourth-order valence-corrected chi connectivity index (χ4v) is 3.24. The van der Waals surface area contributed by atoms with E-state index in [1.807, 2.05) is 42.6 Å². The second-order valence-corrected chi connectivity index (χ2v) is 7.91. The van der Waals surface area contributed by atoms with Crippen molar-refractivity contribution >= 4 is 28.5 Å². The summed E-state index contributed by atoms with van der Waals surface area (Å²) in [6.07, 6.45) is 3.56. The number of rotatable bonds is 7. The zero-order valence-electron chi connectivity index (χ0n) is 17.3. The lowest BCUT2D eigenvalue weighted by molar-refractivity contribution is 0.0268. The largest absolute Gasteiger partial charge is 0.475 e. The number of hydrogen-bond donors (Lipinski definition) is 3. The number of aromatic nitrogens is 2. The molecular formula is C22H27N5O3. The molecule has 8 nitrogen and oxygen atoms in total. The molecule has 4 rings (SSSR count). The van der Waals surface area contributed by atoms with Crippen LogP contribution in [-0.4, -0.2) is 59.8 Å². The zero-order valence-corrected chi connectivity index (χ0v) is 17.3. The molecule has 0 amide bonds. The molecule has 1 fully saturated rings. The minimum absolute atomic E-state index is 0.150. The van der Waals surface area contributed by atoms with Gasteiger partial charge in [-0.2, -0.15) is 5.10 Å². The Morgan fingerprint density at radius 2 is 2.10 bits per heavy atom. The third-order valence-electron chi connectivity index (χ3n) is 4.73. The summed E-state index contributed by atoms with van der Waals surface area (Å²) in [4.78, 5) is 9.97. The first-order chi connectivity index (χ1) is 14.5. The van der Waals surface area contributed by atoms with Crippen LogP contribution >= 0.6 is 0 Å². The van der Waals surface area contributed by atoms with E-state index in [9.17, 15) is 5.11 Å². The van der Waals surface area contributed by atoms with Crippen molar-refractivity contribution in [3.8, 4) is 5.88 Å². The second kappa shape index (κ2) is 8.73. The van der Waals surface area contributed by atoms with Gasteiger partial charge in [-0.1, -0.05) is 18.2 Å². The molecule has 1 saturated heterocycles. The van der Waals surface area contributed by atoms with Gasteiger partial charge in [-0.3, -0.25) is 5.43 Å². The van der Waals surface area contributed by atoms with Gasteiger partial charge in [-0.15, -0.1) is 0 Å². The van der Waals surface area contributed by atoms with E-state index in [-0.39, 0.29) is 6.61 Å². The number of para-hydroxylation sites is 1. The Kier molecular flexibility index (Phi) is 5.87. The van der Waals surface area contributed by atoms with Crippen LogP contribution in [0.15, 0.2) is 47.7 Å². The molecule has 158 valence electrons. The maximum Gasteiger partial charge on any atom is 0.216 e. The molecule has 3 N–H and O–H groups in total. The Balaban J connectivity index is 1.54. The molecule has 0 unspecified atom stereocenters. The number of pyridine rings is 1. The average Bonchev–Trinajstić information content (AvgIpc) is 3.16. The summed E-state index contributed by atoms with van der Waals surface area (Å²) in [5.74, 6) is 0.453. The number of benzene rings is 1. The number of aromatic amines is 1. The van der Waals surface area contributed by atoms with Gasteiger partial charge >= 0.3 is 0 Å².